The maximum absolute atomic E-state index is 6.04. The monoisotopic (exact) mass is 196 g/mol. The van der Waals surface area contributed by atoms with Crippen LogP contribution in [-0.4, -0.2) is 0 Å². The van der Waals surface area contributed by atoms with Crippen LogP contribution in [0.1, 0.15) is 37.5 Å². The molecular formula is C12H17Cl. The molecule has 1 rings (SSSR count). The van der Waals surface area contributed by atoms with E-state index in [-0.39, 0.29) is 0 Å². The third-order valence-electron chi connectivity index (χ3n) is 2.51. The molecular weight excluding hydrogens is 180 g/mol. The molecule has 1 aromatic carbocycles. The highest BCUT2D eigenvalue weighted by Crippen LogP contribution is 2.22. The standard InChI is InChI=1S/C12H17Cl/c1-4-9-7-11(13)8-10(5-2)12(9)6-3/h7-8H,4-6H2,1-3H3. The first-order valence-electron chi connectivity index (χ1n) is 5.03. The van der Waals surface area contributed by atoms with E-state index in [1.807, 2.05) is 0 Å². The van der Waals surface area contributed by atoms with Crippen LogP contribution in [0.15, 0.2) is 12.1 Å². The van der Waals surface area contributed by atoms with E-state index in [0.717, 1.165) is 24.3 Å². The summed E-state index contributed by atoms with van der Waals surface area (Å²) >= 11 is 6.04. The van der Waals surface area contributed by atoms with Gasteiger partial charge in [-0.15, -0.1) is 0 Å². The maximum atomic E-state index is 6.04. The van der Waals surface area contributed by atoms with Crippen LogP contribution >= 0.6 is 11.6 Å². The summed E-state index contributed by atoms with van der Waals surface area (Å²) in [5.74, 6) is 0. The van der Waals surface area contributed by atoms with Crippen molar-refractivity contribution in [2.45, 2.75) is 40.0 Å². The Morgan fingerprint density at radius 1 is 0.923 bits per heavy atom. The van der Waals surface area contributed by atoms with Crippen molar-refractivity contribution in [3.05, 3.63) is 33.8 Å². The summed E-state index contributed by atoms with van der Waals surface area (Å²) in [4.78, 5) is 0. The Hall–Kier alpha value is -0.490. The first-order chi connectivity index (χ1) is 6.22. The minimum absolute atomic E-state index is 0.880. The van der Waals surface area contributed by atoms with Gasteiger partial charge in [0.1, 0.15) is 0 Å². The van der Waals surface area contributed by atoms with E-state index in [4.69, 9.17) is 11.6 Å². The largest absolute Gasteiger partial charge is 0.0843 e. The lowest BCUT2D eigenvalue weighted by atomic mass is 9.96. The Bertz CT molecular complexity index is 264. The molecule has 0 aliphatic carbocycles. The Kier molecular flexibility index (Phi) is 3.80. The molecule has 0 amide bonds. The Morgan fingerprint density at radius 3 is 1.69 bits per heavy atom. The zero-order valence-electron chi connectivity index (χ0n) is 8.65. The van der Waals surface area contributed by atoms with Gasteiger partial charge in [0.2, 0.25) is 0 Å². The predicted octanol–water partition coefficient (Wildman–Crippen LogP) is 4.03. The van der Waals surface area contributed by atoms with E-state index < -0.39 is 0 Å². The summed E-state index contributed by atoms with van der Waals surface area (Å²) in [7, 11) is 0. The third-order valence-corrected chi connectivity index (χ3v) is 2.73. The summed E-state index contributed by atoms with van der Waals surface area (Å²) in [5.41, 5.74) is 4.31. The van der Waals surface area contributed by atoms with Gasteiger partial charge < -0.3 is 0 Å². The van der Waals surface area contributed by atoms with Gasteiger partial charge in [-0.25, -0.2) is 0 Å². The predicted molar refractivity (Wildman–Crippen MR) is 59.6 cm³/mol. The van der Waals surface area contributed by atoms with Crippen molar-refractivity contribution < 1.29 is 0 Å². The number of benzene rings is 1. The van der Waals surface area contributed by atoms with Gasteiger partial charge in [0.05, 0.1) is 0 Å². The maximum Gasteiger partial charge on any atom is 0.0411 e. The average molecular weight is 197 g/mol. The Balaban J connectivity index is 3.25. The Labute approximate surface area is 85.9 Å². The Morgan fingerprint density at radius 2 is 1.38 bits per heavy atom. The molecule has 1 aromatic rings. The van der Waals surface area contributed by atoms with Gasteiger partial charge in [-0.1, -0.05) is 32.4 Å². The fourth-order valence-electron chi connectivity index (χ4n) is 1.84. The first-order valence-corrected chi connectivity index (χ1v) is 5.40. The second kappa shape index (κ2) is 4.66. The van der Waals surface area contributed by atoms with E-state index in [1.165, 1.54) is 16.7 Å². The van der Waals surface area contributed by atoms with Crippen LogP contribution in [0.4, 0.5) is 0 Å². The number of hydrogen-bond acceptors (Lipinski definition) is 0. The molecule has 0 aliphatic heterocycles. The third kappa shape index (κ3) is 2.25. The molecule has 0 aliphatic rings. The summed E-state index contributed by atoms with van der Waals surface area (Å²) in [6.07, 6.45) is 3.27. The molecule has 0 heterocycles. The molecule has 0 nitrogen and oxygen atoms in total. The van der Waals surface area contributed by atoms with Crippen molar-refractivity contribution in [1.82, 2.24) is 0 Å². The van der Waals surface area contributed by atoms with Crippen molar-refractivity contribution in [2.24, 2.45) is 0 Å². The summed E-state index contributed by atoms with van der Waals surface area (Å²) in [6.45, 7) is 6.58. The summed E-state index contributed by atoms with van der Waals surface area (Å²) in [5, 5.41) is 0.880. The van der Waals surface area contributed by atoms with E-state index >= 15 is 0 Å². The van der Waals surface area contributed by atoms with Crippen molar-refractivity contribution in [1.29, 1.82) is 0 Å². The molecule has 0 aromatic heterocycles. The minimum Gasteiger partial charge on any atom is -0.0843 e. The molecule has 0 saturated heterocycles. The second-order valence-corrected chi connectivity index (χ2v) is 3.70. The highest BCUT2D eigenvalue weighted by atomic mass is 35.5. The summed E-state index contributed by atoms with van der Waals surface area (Å²) < 4.78 is 0. The zero-order valence-corrected chi connectivity index (χ0v) is 9.41. The number of hydrogen-bond donors (Lipinski definition) is 0. The molecule has 0 radical (unpaired) electrons. The smallest absolute Gasteiger partial charge is 0.0411 e. The van der Waals surface area contributed by atoms with Crippen LogP contribution in [0.5, 0.6) is 0 Å². The SMILES string of the molecule is CCc1cc(Cl)cc(CC)c1CC. The van der Waals surface area contributed by atoms with Gasteiger partial charge in [-0.3, -0.25) is 0 Å². The molecule has 0 unspecified atom stereocenters. The zero-order chi connectivity index (χ0) is 9.84. The topological polar surface area (TPSA) is 0 Å². The number of rotatable bonds is 3. The normalized spacial score (nSPS) is 10.5. The second-order valence-electron chi connectivity index (χ2n) is 3.26. The van der Waals surface area contributed by atoms with Crippen molar-refractivity contribution >= 4 is 11.6 Å². The lowest BCUT2D eigenvalue weighted by Crippen LogP contribution is -1.97. The van der Waals surface area contributed by atoms with Gasteiger partial charge in [0, 0.05) is 5.02 Å². The molecule has 0 atom stereocenters. The van der Waals surface area contributed by atoms with Crippen molar-refractivity contribution in [3.63, 3.8) is 0 Å². The molecule has 0 bridgehead atoms. The van der Waals surface area contributed by atoms with Gasteiger partial charge in [0.15, 0.2) is 0 Å². The van der Waals surface area contributed by atoms with Crippen LogP contribution in [0.3, 0.4) is 0 Å². The fraction of sp³-hybridized carbons (Fsp3) is 0.500. The molecule has 0 spiro atoms. The van der Waals surface area contributed by atoms with Gasteiger partial charge in [-0.2, -0.15) is 0 Å². The molecule has 0 N–H and O–H groups in total. The minimum atomic E-state index is 0.880. The van der Waals surface area contributed by atoms with Crippen LogP contribution < -0.4 is 0 Å². The van der Waals surface area contributed by atoms with Crippen LogP contribution in [0, 0.1) is 0 Å². The van der Waals surface area contributed by atoms with E-state index in [1.54, 1.807) is 0 Å². The number of halogens is 1. The van der Waals surface area contributed by atoms with Gasteiger partial charge in [0.25, 0.3) is 0 Å². The summed E-state index contributed by atoms with van der Waals surface area (Å²) in [6, 6.07) is 4.19. The highest BCUT2D eigenvalue weighted by Gasteiger charge is 2.05. The first kappa shape index (κ1) is 10.6. The fourth-order valence-corrected chi connectivity index (χ4v) is 2.10. The molecule has 0 saturated carbocycles. The van der Waals surface area contributed by atoms with E-state index in [0.29, 0.717) is 0 Å². The average Bonchev–Trinajstić information content (AvgIpc) is 2.16. The van der Waals surface area contributed by atoms with E-state index in [9.17, 15) is 0 Å². The number of aryl methyl sites for hydroxylation is 2. The molecule has 0 fully saturated rings. The van der Waals surface area contributed by atoms with Gasteiger partial charge >= 0.3 is 0 Å². The molecule has 13 heavy (non-hydrogen) atoms. The molecule has 1 heteroatoms. The lowest BCUT2D eigenvalue weighted by Gasteiger charge is -2.11. The molecule has 72 valence electrons. The van der Waals surface area contributed by atoms with E-state index in [2.05, 4.69) is 32.9 Å². The quantitative estimate of drug-likeness (QED) is 0.685. The van der Waals surface area contributed by atoms with Crippen molar-refractivity contribution in [3.8, 4) is 0 Å². The lowest BCUT2D eigenvalue weighted by molar-refractivity contribution is 0.981. The van der Waals surface area contributed by atoms with Gasteiger partial charge in [-0.05, 0) is 48.1 Å². The highest BCUT2D eigenvalue weighted by molar-refractivity contribution is 6.30. The van der Waals surface area contributed by atoms with Crippen LogP contribution in [0.25, 0.3) is 0 Å². The van der Waals surface area contributed by atoms with Crippen molar-refractivity contribution in [2.75, 3.05) is 0 Å². The van der Waals surface area contributed by atoms with Crippen LogP contribution in [-0.2, 0) is 19.3 Å². The van der Waals surface area contributed by atoms with Crippen LogP contribution in [0.2, 0.25) is 5.02 Å².